The predicted molar refractivity (Wildman–Crippen MR) is 106 cm³/mol. The van der Waals surface area contributed by atoms with Crippen molar-refractivity contribution >= 4 is 23.4 Å². The van der Waals surface area contributed by atoms with Crippen molar-refractivity contribution in [3.05, 3.63) is 57.6 Å². The number of nitrogens with zero attached hydrogens (tertiary/aromatic N) is 1. The van der Waals surface area contributed by atoms with E-state index in [9.17, 15) is 14.9 Å². The molecular formula is C19H22N2O6S. The largest absolute Gasteiger partial charge is 0.493 e. The highest BCUT2D eigenvalue weighted by Crippen LogP contribution is 2.37. The highest BCUT2D eigenvalue weighted by atomic mass is 32.2. The maximum Gasteiger partial charge on any atom is 0.283 e. The van der Waals surface area contributed by atoms with Crippen LogP contribution in [0.25, 0.3) is 0 Å². The molecule has 8 nitrogen and oxygen atoms in total. The maximum absolute atomic E-state index is 12.1. The lowest BCUT2D eigenvalue weighted by Crippen LogP contribution is -2.26. The fourth-order valence-corrected chi connectivity index (χ4v) is 3.50. The molecule has 1 amide bonds. The minimum absolute atomic E-state index is 0.119. The molecule has 0 atom stereocenters. The molecule has 1 N–H and O–H groups in total. The van der Waals surface area contributed by atoms with Gasteiger partial charge >= 0.3 is 0 Å². The van der Waals surface area contributed by atoms with Gasteiger partial charge in [-0.15, -0.1) is 11.8 Å². The first kappa shape index (κ1) is 21.5. The van der Waals surface area contributed by atoms with Gasteiger partial charge in [0.05, 0.1) is 30.6 Å². The molecule has 2 aromatic rings. The number of rotatable bonds is 10. The maximum atomic E-state index is 12.1. The zero-order valence-corrected chi connectivity index (χ0v) is 16.7. The van der Waals surface area contributed by atoms with E-state index in [1.54, 1.807) is 32.4 Å². The number of nitrogens with one attached hydrogen (secondary N) is 1. The van der Waals surface area contributed by atoms with E-state index in [0.717, 1.165) is 5.56 Å². The third kappa shape index (κ3) is 5.37. The van der Waals surface area contributed by atoms with E-state index in [4.69, 9.17) is 14.2 Å². The molecule has 0 aliphatic heterocycles. The van der Waals surface area contributed by atoms with Crippen LogP contribution in [0.2, 0.25) is 0 Å². The van der Waals surface area contributed by atoms with Gasteiger partial charge < -0.3 is 19.5 Å². The summed E-state index contributed by atoms with van der Waals surface area (Å²) in [6, 6.07) is 9.93. The lowest BCUT2D eigenvalue weighted by atomic mass is 10.2. The number of amides is 1. The van der Waals surface area contributed by atoms with Gasteiger partial charge in [-0.2, -0.15) is 0 Å². The second kappa shape index (κ2) is 10.5. The Morgan fingerprint density at radius 1 is 1.18 bits per heavy atom. The number of hydrogen-bond donors (Lipinski definition) is 1. The van der Waals surface area contributed by atoms with Gasteiger partial charge in [0.2, 0.25) is 0 Å². The molecule has 0 unspecified atom stereocenters. The van der Waals surface area contributed by atoms with Crippen LogP contribution >= 0.6 is 11.8 Å². The van der Waals surface area contributed by atoms with Crippen LogP contribution < -0.4 is 14.8 Å². The average Bonchev–Trinajstić information content (AvgIpc) is 2.71. The molecule has 2 rings (SSSR count). The normalized spacial score (nSPS) is 10.4. The smallest absolute Gasteiger partial charge is 0.283 e. The quantitative estimate of drug-likeness (QED) is 0.280. The molecule has 28 heavy (non-hydrogen) atoms. The van der Waals surface area contributed by atoms with Crippen LogP contribution in [0, 0.1) is 10.1 Å². The molecule has 0 heterocycles. The first-order chi connectivity index (χ1) is 13.5. The number of hydrogen-bond acceptors (Lipinski definition) is 7. The summed E-state index contributed by atoms with van der Waals surface area (Å²) in [4.78, 5) is 23.6. The lowest BCUT2D eigenvalue weighted by molar-refractivity contribution is -0.387. The molecule has 9 heteroatoms. The van der Waals surface area contributed by atoms with Gasteiger partial charge in [0, 0.05) is 36.6 Å². The van der Waals surface area contributed by atoms with Gasteiger partial charge in [-0.05, 0) is 18.2 Å². The van der Waals surface area contributed by atoms with Gasteiger partial charge in [-0.3, -0.25) is 14.9 Å². The number of para-hydroxylation sites is 1. The number of carbonyl (C=O) groups is 1. The Labute approximate surface area is 167 Å². The van der Waals surface area contributed by atoms with Crippen LogP contribution in [0.5, 0.6) is 11.5 Å². The van der Waals surface area contributed by atoms with E-state index in [0.29, 0.717) is 35.3 Å². The van der Waals surface area contributed by atoms with Gasteiger partial charge in [0.1, 0.15) is 0 Å². The molecule has 0 fully saturated rings. The Morgan fingerprint density at radius 3 is 2.61 bits per heavy atom. The highest BCUT2D eigenvalue weighted by molar-refractivity contribution is 7.98. The van der Waals surface area contributed by atoms with Crippen molar-refractivity contribution in [2.45, 2.75) is 10.6 Å². The third-order valence-corrected chi connectivity index (χ3v) is 4.99. The average molecular weight is 406 g/mol. The van der Waals surface area contributed by atoms with Crippen LogP contribution in [-0.2, 0) is 10.5 Å². The predicted octanol–water partition coefficient (Wildman–Crippen LogP) is 3.28. The van der Waals surface area contributed by atoms with Crippen molar-refractivity contribution in [1.82, 2.24) is 5.32 Å². The Kier molecular flexibility index (Phi) is 8.09. The SMILES string of the molecule is COCCNC(=O)c1ccc(SCc2cccc(OC)c2OC)c([N+](=O)[O-])c1. The molecule has 0 aliphatic rings. The minimum atomic E-state index is -0.489. The van der Waals surface area contributed by atoms with Crippen molar-refractivity contribution in [2.24, 2.45) is 0 Å². The fraction of sp³-hybridized carbons (Fsp3) is 0.316. The number of nitro benzene ring substituents is 1. The number of carbonyl (C=O) groups excluding carboxylic acids is 1. The summed E-state index contributed by atoms with van der Waals surface area (Å²) in [5, 5.41) is 14.1. The summed E-state index contributed by atoms with van der Waals surface area (Å²) < 4.78 is 15.5. The van der Waals surface area contributed by atoms with E-state index in [1.165, 1.54) is 24.9 Å². The zero-order valence-electron chi connectivity index (χ0n) is 15.9. The zero-order chi connectivity index (χ0) is 20.5. The molecule has 0 aliphatic carbocycles. The van der Waals surface area contributed by atoms with E-state index in [-0.39, 0.29) is 17.2 Å². The Balaban J connectivity index is 2.20. The molecule has 0 bridgehead atoms. The number of methoxy groups -OCH3 is 3. The van der Waals surface area contributed by atoms with Crippen LogP contribution in [0.3, 0.4) is 0 Å². The van der Waals surface area contributed by atoms with E-state index in [2.05, 4.69) is 5.32 Å². The first-order valence-corrected chi connectivity index (χ1v) is 9.38. The molecule has 2 aromatic carbocycles. The number of thioether (sulfide) groups is 1. The van der Waals surface area contributed by atoms with Crippen LogP contribution in [0.1, 0.15) is 15.9 Å². The molecule has 0 spiro atoms. The van der Waals surface area contributed by atoms with Crippen molar-refractivity contribution in [2.75, 3.05) is 34.5 Å². The van der Waals surface area contributed by atoms with E-state index >= 15 is 0 Å². The van der Waals surface area contributed by atoms with Crippen molar-refractivity contribution in [3.8, 4) is 11.5 Å². The van der Waals surface area contributed by atoms with Crippen LogP contribution in [0.4, 0.5) is 5.69 Å². The fourth-order valence-electron chi connectivity index (χ4n) is 2.51. The minimum Gasteiger partial charge on any atom is -0.493 e. The number of benzene rings is 2. The van der Waals surface area contributed by atoms with Crippen LogP contribution in [-0.4, -0.2) is 45.3 Å². The topological polar surface area (TPSA) is 99.9 Å². The molecule has 0 radical (unpaired) electrons. The molecule has 150 valence electrons. The Bertz CT molecular complexity index is 843. The summed E-state index contributed by atoms with van der Waals surface area (Å²) in [6.07, 6.45) is 0. The van der Waals surface area contributed by atoms with E-state index in [1.807, 2.05) is 12.1 Å². The van der Waals surface area contributed by atoms with Crippen molar-refractivity contribution in [1.29, 1.82) is 0 Å². The first-order valence-electron chi connectivity index (χ1n) is 8.40. The molecular weight excluding hydrogens is 384 g/mol. The summed E-state index contributed by atoms with van der Waals surface area (Å²) in [7, 11) is 4.63. The van der Waals surface area contributed by atoms with Gasteiger partial charge in [-0.1, -0.05) is 12.1 Å². The lowest BCUT2D eigenvalue weighted by Gasteiger charge is -2.12. The second-order valence-corrected chi connectivity index (χ2v) is 6.65. The second-order valence-electron chi connectivity index (χ2n) is 5.63. The van der Waals surface area contributed by atoms with Gasteiger partial charge in [0.15, 0.2) is 11.5 Å². The number of nitro groups is 1. The summed E-state index contributed by atoms with van der Waals surface area (Å²) in [5.74, 6) is 1.25. The highest BCUT2D eigenvalue weighted by Gasteiger charge is 2.19. The third-order valence-electron chi connectivity index (χ3n) is 3.88. The van der Waals surface area contributed by atoms with Gasteiger partial charge in [0.25, 0.3) is 11.6 Å². The van der Waals surface area contributed by atoms with Gasteiger partial charge in [-0.25, -0.2) is 0 Å². The molecule has 0 saturated heterocycles. The Hall–Kier alpha value is -2.78. The Morgan fingerprint density at radius 2 is 1.96 bits per heavy atom. The number of ether oxygens (including phenoxy) is 3. The van der Waals surface area contributed by atoms with E-state index < -0.39 is 4.92 Å². The molecule has 0 saturated carbocycles. The molecule has 0 aromatic heterocycles. The van der Waals surface area contributed by atoms with Crippen molar-refractivity contribution in [3.63, 3.8) is 0 Å². The van der Waals surface area contributed by atoms with Crippen molar-refractivity contribution < 1.29 is 23.9 Å². The monoisotopic (exact) mass is 406 g/mol. The van der Waals surface area contributed by atoms with Crippen LogP contribution in [0.15, 0.2) is 41.3 Å². The summed E-state index contributed by atoms with van der Waals surface area (Å²) in [5.41, 5.74) is 0.958. The standard InChI is InChI=1S/C19H22N2O6S/c1-25-10-9-20-19(22)13-7-8-17(15(11-13)21(23)24)28-12-14-5-4-6-16(26-2)18(14)27-3/h4-8,11H,9-10,12H2,1-3H3,(H,20,22). The summed E-state index contributed by atoms with van der Waals surface area (Å²) in [6.45, 7) is 0.694. The summed E-state index contributed by atoms with van der Waals surface area (Å²) >= 11 is 1.29.